The first kappa shape index (κ1) is 11.4. The molecule has 0 aromatic heterocycles. The highest BCUT2D eigenvalue weighted by Crippen LogP contribution is 2.26. The number of methoxy groups -OCH3 is 1. The molecule has 2 rings (SSSR count). The predicted molar refractivity (Wildman–Crippen MR) is 61.1 cm³/mol. The summed E-state index contributed by atoms with van der Waals surface area (Å²) in [5.74, 6) is 0.992. The minimum absolute atomic E-state index is 0.295. The summed E-state index contributed by atoms with van der Waals surface area (Å²) in [5.41, 5.74) is 0.830. The molecular formula is C11H15NO3S. The Morgan fingerprint density at radius 2 is 2.19 bits per heavy atom. The molecule has 0 amide bonds. The summed E-state index contributed by atoms with van der Waals surface area (Å²) in [4.78, 5) is 0.373. The zero-order chi connectivity index (χ0) is 11.8. The minimum Gasteiger partial charge on any atom is -0.497 e. The highest BCUT2D eigenvalue weighted by atomic mass is 32.2. The van der Waals surface area contributed by atoms with Gasteiger partial charge in [-0.2, -0.15) is 0 Å². The molecule has 88 valence electrons. The molecule has 1 aromatic carbocycles. The monoisotopic (exact) mass is 241 g/mol. The number of hydrogen-bond acceptors (Lipinski definition) is 3. The molecule has 1 atom stereocenters. The van der Waals surface area contributed by atoms with E-state index in [0.29, 0.717) is 23.1 Å². The summed E-state index contributed by atoms with van der Waals surface area (Å²) in [5, 5.41) is 0. The van der Waals surface area contributed by atoms with Crippen LogP contribution in [0.25, 0.3) is 0 Å². The molecule has 0 saturated carbocycles. The summed E-state index contributed by atoms with van der Waals surface area (Å²) in [6.07, 6.45) is 0.749. The van der Waals surface area contributed by atoms with Gasteiger partial charge in [-0.1, -0.05) is 6.92 Å². The Morgan fingerprint density at radius 3 is 2.88 bits per heavy atom. The van der Waals surface area contributed by atoms with E-state index in [4.69, 9.17) is 4.74 Å². The highest BCUT2D eigenvalue weighted by Gasteiger charge is 2.24. The second-order valence-electron chi connectivity index (χ2n) is 4.13. The zero-order valence-corrected chi connectivity index (χ0v) is 10.2. The Bertz CT molecular complexity index is 496. The first-order valence-corrected chi connectivity index (χ1v) is 6.68. The molecule has 1 heterocycles. The van der Waals surface area contributed by atoms with Crippen LogP contribution < -0.4 is 9.46 Å². The van der Waals surface area contributed by atoms with E-state index in [-0.39, 0.29) is 0 Å². The van der Waals surface area contributed by atoms with Crippen LogP contribution in [-0.4, -0.2) is 22.1 Å². The Kier molecular flexibility index (Phi) is 2.90. The quantitative estimate of drug-likeness (QED) is 0.803. The smallest absolute Gasteiger partial charge is 0.240 e. The van der Waals surface area contributed by atoms with Crippen LogP contribution in [0, 0.1) is 5.92 Å². The third-order valence-corrected chi connectivity index (χ3v) is 4.27. The summed E-state index contributed by atoms with van der Waals surface area (Å²) < 4.78 is 31.5. The van der Waals surface area contributed by atoms with Crippen LogP contribution in [0.5, 0.6) is 5.75 Å². The molecule has 0 bridgehead atoms. The molecule has 0 unspecified atom stereocenters. The van der Waals surface area contributed by atoms with Gasteiger partial charge >= 0.3 is 0 Å². The maximum absolute atomic E-state index is 11.9. The predicted octanol–water partition coefficient (Wildman–Crippen LogP) is 1.17. The summed E-state index contributed by atoms with van der Waals surface area (Å²) in [7, 11) is -1.76. The zero-order valence-electron chi connectivity index (χ0n) is 9.36. The lowest BCUT2D eigenvalue weighted by Gasteiger charge is -2.08. The second kappa shape index (κ2) is 4.07. The van der Waals surface area contributed by atoms with Crippen LogP contribution in [0.4, 0.5) is 0 Å². The van der Waals surface area contributed by atoms with Crippen molar-refractivity contribution in [2.24, 2.45) is 5.92 Å². The van der Waals surface area contributed by atoms with Crippen molar-refractivity contribution in [3.63, 3.8) is 0 Å². The van der Waals surface area contributed by atoms with Crippen molar-refractivity contribution < 1.29 is 13.2 Å². The summed E-state index contributed by atoms with van der Waals surface area (Å²) >= 11 is 0. The third-order valence-electron chi connectivity index (χ3n) is 2.75. The fourth-order valence-electron chi connectivity index (χ4n) is 1.88. The highest BCUT2D eigenvalue weighted by molar-refractivity contribution is 7.89. The standard InChI is InChI=1S/C11H15NO3S/c1-8-5-9-6-10(15-2)3-4-11(9)16(13,14)12-7-8/h3-4,6,8,12H,5,7H2,1-2H3/t8-/m0/s1. The van der Waals surface area contributed by atoms with Crippen LogP contribution >= 0.6 is 0 Å². The van der Waals surface area contributed by atoms with Gasteiger partial charge in [-0.25, -0.2) is 13.1 Å². The Labute approximate surface area is 95.7 Å². The van der Waals surface area contributed by atoms with E-state index in [1.165, 1.54) is 0 Å². The average Bonchev–Trinajstić information content (AvgIpc) is 2.36. The van der Waals surface area contributed by atoms with Gasteiger partial charge in [0, 0.05) is 6.54 Å². The molecule has 1 aliphatic rings. The van der Waals surface area contributed by atoms with Crippen LogP contribution in [0.15, 0.2) is 23.1 Å². The van der Waals surface area contributed by atoms with Crippen LogP contribution in [0.2, 0.25) is 0 Å². The van der Waals surface area contributed by atoms with Crippen molar-refractivity contribution in [3.8, 4) is 5.75 Å². The number of benzene rings is 1. The van der Waals surface area contributed by atoms with Gasteiger partial charge in [0.15, 0.2) is 0 Å². The maximum atomic E-state index is 11.9. The van der Waals surface area contributed by atoms with Crippen molar-refractivity contribution in [3.05, 3.63) is 23.8 Å². The molecule has 1 aromatic rings. The fourth-order valence-corrected chi connectivity index (χ4v) is 3.28. The van der Waals surface area contributed by atoms with Gasteiger partial charge in [-0.15, -0.1) is 0 Å². The largest absolute Gasteiger partial charge is 0.497 e. The van der Waals surface area contributed by atoms with E-state index in [2.05, 4.69) is 4.72 Å². The van der Waals surface area contributed by atoms with E-state index < -0.39 is 10.0 Å². The number of fused-ring (bicyclic) bond motifs is 1. The van der Waals surface area contributed by atoms with Crippen LogP contribution in [0.1, 0.15) is 12.5 Å². The van der Waals surface area contributed by atoms with E-state index in [1.54, 1.807) is 25.3 Å². The van der Waals surface area contributed by atoms with Crippen LogP contribution in [-0.2, 0) is 16.4 Å². The Morgan fingerprint density at radius 1 is 1.44 bits per heavy atom. The maximum Gasteiger partial charge on any atom is 0.240 e. The van der Waals surface area contributed by atoms with Gasteiger partial charge in [-0.05, 0) is 36.1 Å². The van der Waals surface area contributed by atoms with Crippen molar-refractivity contribution in [1.29, 1.82) is 0 Å². The number of nitrogens with one attached hydrogen (secondary N) is 1. The molecule has 1 aliphatic heterocycles. The second-order valence-corrected chi connectivity index (χ2v) is 5.87. The third kappa shape index (κ3) is 2.05. The first-order valence-electron chi connectivity index (χ1n) is 5.19. The number of rotatable bonds is 1. The van der Waals surface area contributed by atoms with Crippen molar-refractivity contribution in [2.45, 2.75) is 18.2 Å². The number of ether oxygens (including phenoxy) is 1. The Balaban J connectivity index is 2.56. The molecular weight excluding hydrogens is 226 g/mol. The molecule has 0 saturated heterocycles. The van der Waals surface area contributed by atoms with E-state index in [0.717, 1.165) is 12.0 Å². The normalized spacial score (nSPS) is 23.2. The molecule has 1 N–H and O–H groups in total. The molecule has 0 spiro atoms. The van der Waals surface area contributed by atoms with E-state index in [9.17, 15) is 8.42 Å². The molecule has 0 aliphatic carbocycles. The fraction of sp³-hybridized carbons (Fsp3) is 0.455. The lowest BCUT2D eigenvalue weighted by Crippen LogP contribution is -2.26. The molecule has 16 heavy (non-hydrogen) atoms. The van der Waals surface area contributed by atoms with E-state index in [1.807, 2.05) is 6.92 Å². The van der Waals surface area contributed by atoms with E-state index >= 15 is 0 Å². The van der Waals surface area contributed by atoms with Gasteiger partial charge in [-0.3, -0.25) is 0 Å². The van der Waals surface area contributed by atoms with Crippen molar-refractivity contribution >= 4 is 10.0 Å². The minimum atomic E-state index is -3.34. The summed E-state index contributed by atoms with van der Waals surface area (Å²) in [6, 6.07) is 5.08. The average molecular weight is 241 g/mol. The van der Waals surface area contributed by atoms with Gasteiger partial charge in [0.1, 0.15) is 5.75 Å². The lowest BCUT2D eigenvalue weighted by molar-refractivity contribution is 0.413. The van der Waals surface area contributed by atoms with Crippen LogP contribution in [0.3, 0.4) is 0 Å². The first-order chi connectivity index (χ1) is 7.53. The lowest BCUT2D eigenvalue weighted by atomic mass is 10.0. The van der Waals surface area contributed by atoms with Crippen molar-refractivity contribution in [1.82, 2.24) is 4.72 Å². The van der Waals surface area contributed by atoms with Gasteiger partial charge in [0.25, 0.3) is 0 Å². The van der Waals surface area contributed by atoms with Crippen molar-refractivity contribution in [2.75, 3.05) is 13.7 Å². The summed E-state index contributed by atoms with van der Waals surface area (Å²) in [6.45, 7) is 2.51. The molecule has 5 heteroatoms. The number of sulfonamides is 1. The Hall–Kier alpha value is -1.07. The topological polar surface area (TPSA) is 55.4 Å². The number of hydrogen-bond donors (Lipinski definition) is 1. The van der Waals surface area contributed by atoms with Gasteiger partial charge < -0.3 is 4.74 Å². The van der Waals surface area contributed by atoms with Gasteiger partial charge in [0.2, 0.25) is 10.0 Å². The van der Waals surface area contributed by atoms with Gasteiger partial charge in [0.05, 0.1) is 12.0 Å². The molecule has 4 nitrogen and oxygen atoms in total. The molecule has 0 fully saturated rings. The SMILES string of the molecule is COc1ccc2c(c1)C[C@H](C)CNS2(=O)=O. The molecule has 0 radical (unpaired) electrons.